The number of nitrogens with zero attached hydrogens (tertiary/aromatic N) is 1. The van der Waals surface area contributed by atoms with Gasteiger partial charge in [-0.15, -0.1) is 0 Å². The summed E-state index contributed by atoms with van der Waals surface area (Å²) in [6.07, 6.45) is 0. The second kappa shape index (κ2) is 3.73. The molecule has 0 amide bonds. The number of phenolic OH excluding ortho intramolecular Hbond substituents is 1. The van der Waals surface area contributed by atoms with Crippen molar-refractivity contribution in [2.45, 2.75) is 0 Å². The number of phenols is 1. The average Bonchev–Trinajstić information content (AvgIpc) is 2.65. The Hall–Kier alpha value is -2.24. The number of hydrogen-bond acceptors (Lipinski definition) is 5. The molecule has 5 nitrogen and oxygen atoms in total. The summed E-state index contributed by atoms with van der Waals surface area (Å²) < 4.78 is 23.2. The van der Waals surface area contributed by atoms with Gasteiger partial charge in [0.15, 0.2) is 23.1 Å². The van der Waals surface area contributed by atoms with E-state index in [1.807, 2.05) is 0 Å². The number of hydrogen-bond donors (Lipinski definition) is 2. The first-order valence-electron chi connectivity index (χ1n) is 4.41. The van der Waals surface area contributed by atoms with Gasteiger partial charge in [-0.3, -0.25) is 0 Å². The summed E-state index contributed by atoms with van der Waals surface area (Å²) >= 11 is 0. The first-order chi connectivity index (χ1) is 7.63. The van der Waals surface area contributed by atoms with Crippen LogP contribution in [0.4, 0.5) is 10.2 Å². The Morgan fingerprint density at radius 1 is 1.50 bits per heavy atom. The molecule has 0 aliphatic rings. The van der Waals surface area contributed by atoms with Gasteiger partial charge >= 0.3 is 0 Å². The van der Waals surface area contributed by atoms with Crippen molar-refractivity contribution in [3.05, 3.63) is 24.0 Å². The Morgan fingerprint density at radius 2 is 2.25 bits per heavy atom. The third-order valence-electron chi connectivity index (χ3n) is 2.08. The number of anilines is 1. The lowest BCUT2D eigenvalue weighted by molar-refractivity contribution is 0.369. The van der Waals surface area contributed by atoms with Crippen LogP contribution in [-0.2, 0) is 0 Å². The first kappa shape index (κ1) is 10.3. The molecule has 0 atom stereocenters. The van der Waals surface area contributed by atoms with E-state index in [0.29, 0.717) is 0 Å². The first-order valence-corrected chi connectivity index (χ1v) is 4.41. The largest absolute Gasteiger partial charge is 0.504 e. The van der Waals surface area contributed by atoms with E-state index in [4.69, 9.17) is 15.0 Å². The summed E-state index contributed by atoms with van der Waals surface area (Å²) in [7, 11) is 1.37. The Kier molecular flexibility index (Phi) is 2.40. The van der Waals surface area contributed by atoms with Gasteiger partial charge in [0.1, 0.15) is 11.4 Å². The van der Waals surface area contributed by atoms with Gasteiger partial charge in [0.05, 0.1) is 7.11 Å². The molecule has 0 aliphatic carbocycles. The molecule has 0 aliphatic heterocycles. The number of aromatic nitrogens is 1. The number of nitrogens with two attached hydrogens (primary N) is 1. The molecule has 2 rings (SSSR count). The van der Waals surface area contributed by atoms with E-state index < -0.39 is 5.82 Å². The molecule has 6 heteroatoms. The number of benzene rings is 1. The van der Waals surface area contributed by atoms with Crippen LogP contribution in [0.25, 0.3) is 11.3 Å². The van der Waals surface area contributed by atoms with Crippen LogP contribution >= 0.6 is 0 Å². The standard InChI is InChI=1S/C10H9FN2O3/c1-15-6-3-2-5(11)9(10(6)14)7-4-8(12)13-16-7/h2-4,14H,1H3,(H2,12,13). The molecule has 1 aromatic carbocycles. The van der Waals surface area contributed by atoms with Crippen molar-refractivity contribution in [1.29, 1.82) is 0 Å². The van der Waals surface area contributed by atoms with Crippen molar-refractivity contribution in [1.82, 2.24) is 5.16 Å². The number of methoxy groups -OCH3 is 1. The summed E-state index contributed by atoms with van der Waals surface area (Å²) in [5.74, 6) is -0.692. The van der Waals surface area contributed by atoms with Crippen molar-refractivity contribution in [2.75, 3.05) is 12.8 Å². The maximum absolute atomic E-state index is 13.5. The SMILES string of the molecule is COc1ccc(F)c(-c2cc(N)no2)c1O. The third-order valence-corrected chi connectivity index (χ3v) is 2.08. The van der Waals surface area contributed by atoms with Gasteiger partial charge in [-0.05, 0) is 12.1 Å². The van der Waals surface area contributed by atoms with Gasteiger partial charge in [0.2, 0.25) is 0 Å². The Morgan fingerprint density at radius 3 is 2.81 bits per heavy atom. The molecule has 0 spiro atoms. The zero-order valence-corrected chi connectivity index (χ0v) is 8.40. The van der Waals surface area contributed by atoms with Crippen LogP contribution in [0.15, 0.2) is 22.7 Å². The van der Waals surface area contributed by atoms with Crippen molar-refractivity contribution in [3.63, 3.8) is 0 Å². The smallest absolute Gasteiger partial charge is 0.175 e. The molecule has 3 N–H and O–H groups in total. The fraction of sp³-hybridized carbons (Fsp3) is 0.100. The fourth-order valence-corrected chi connectivity index (χ4v) is 1.35. The van der Waals surface area contributed by atoms with E-state index in [0.717, 1.165) is 6.07 Å². The third kappa shape index (κ3) is 1.54. The Labute approximate surface area is 90.2 Å². The molecule has 2 aromatic rings. The number of nitrogen functional groups attached to an aromatic ring is 1. The highest BCUT2D eigenvalue weighted by Gasteiger charge is 2.18. The van der Waals surface area contributed by atoms with E-state index in [2.05, 4.69) is 5.16 Å². The maximum atomic E-state index is 13.5. The van der Waals surface area contributed by atoms with Crippen LogP contribution in [0.5, 0.6) is 11.5 Å². The highest BCUT2D eigenvalue weighted by Crippen LogP contribution is 2.39. The van der Waals surface area contributed by atoms with Gasteiger partial charge < -0.3 is 20.1 Å². The van der Waals surface area contributed by atoms with Crippen molar-refractivity contribution >= 4 is 5.82 Å². The van der Waals surface area contributed by atoms with Gasteiger partial charge in [0.25, 0.3) is 0 Å². The maximum Gasteiger partial charge on any atom is 0.175 e. The van der Waals surface area contributed by atoms with E-state index in [9.17, 15) is 9.50 Å². The highest BCUT2D eigenvalue weighted by atomic mass is 19.1. The van der Waals surface area contributed by atoms with Gasteiger partial charge in [-0.25, -0.2) is 4.39 Å². The fourth-order valence-electron chi connectivity index (χ4n) is 1.35. The molecule has 0 unspecified atom stereocenters. The molecule has 0 saturated heterocycles. The van der Waals surface area contributed by atoms with E-state index in [1.165, 1.54) is 19.2 Å². The monoisotopic (exact) mass is 224 g/mol. The van der Waals surface area contributed by atoms with Gasteiger partial charge in [-0.1, -0.05) is 5.16 Å². The minimum absolute atomic E-state index is 0.0476. The van der Waals surface area contributed by atoms with Crippen LogP contribution in [0.2, 0.25) is 0 Å². The average molecular weight is 224 g/mol. The van der Waals surface area contributed by atoms with Gasteiger partial charge in [-0.2, -0.15) is 0 Å². The number of halogens is 1. The van der Waals surface area contributed by atoms with Gasteiger partial charge in [0, 0.05) is 6.07 Å². The molecular weight excluding hydrogens is 215 g/mol. The lowest BCUT2D eigenvalue weighted by Crippen LogP contribution is -1.89. The highest BCUT2D eigenvalue weighted by molar-refractivity contribution is 5.71. The van der Waals surface area contributed by atoms with Crippen molar-refractivity contribution in [2.24, 2.45) is 0 Å². The molecular formula is C10H9FN2O3. The molecule has 0 radical (unpaired) electrons. The van der Waals surface area contributed by atoms with E-state index in [1.54, 1.807) is 0 Å². The molecule has 84 valence electrons. The summed E-state index contributed by atoms with van der Waals surface area (Å²) in [6, 6.07) is 3.79. The Balaban J connectivity index is 2.63. The predicted molar refractivity (Wildman–Crippen MR) is 54.5 cm³/mol. The van der Waals surface area contributed by atoms with Crippen molar-refractivity contribution < 1.29 is 18.8 Å². The van der Waals surface area contributed by atoms with Crippen molar-refractivity contribution in [3.8, 4) is 22.8 Å². The molecule has 1 aromatic heterocycles. The second-order valence-electron chi connectivity index (χ2n) is 3.09. The summed E-state index contributed by atoms with van der Waals surface area (Å²) in [4.78, 5) is 0. The van der Waals surface area contributed by atoms with Crippen LogP contribution in [-0.4, -0.2) is 17.4 Å². The zero-order valence-electron chi connectivity index (χ0n) is 8.40. The second-order valence-corrected chi connectivity index (χ2v) is 3.09. The molecule has 1 heterocycles. The minimum atomic E-state index is -0.644. The number of aromatic hydroxyl groups is 1. The van der Waals surface area contributed by atoms with Crippen LogP contribution < -0.4 is 10.5 Å². The van der Waals surface area contributed by atoms with Crippen LogP contribution in [0.1, 0.15) is 0 Å². The summed E-state index contributed by atoms with van der Waals surface area (Å²) in [5, 5.41) is 13.2. The summed E-state index contributed by atoms with van der Waals surface area (Å²) in [5.41, 5.74) is 5.22. The quantitative estimate of drug-likeness (QED) is 0.812. The molecule has 16 heavy (non-hydrogen) atoms. The molecule has 0 saturated carbocycles. The minimum Gasteiger partial charge on any atom is -0.504 e. The lowest BCUT2D eigenvalue weighted by atomic mass is 10.1. The molecule has 0 bridgehead atoms. The van der Waals surface area contributed by atoms with Crippen LogP contribution in [0, 0.1) is 5.82 Å². The number of ether oxygens (including phenoxy) is 1. The number of rotatable bonds is 2. The van der Waals surface area contributed by atoms with E-state index in [-0.39, 0.29) is 28.6 Å². The molecule has 0 fully saturated rings. The van der Waals surface area contributed by atoms with E-state index >= 15 is 0 Å². The predicted octanol–water partition coefficient (Wildman–Crippen LogP) is 1.78. The normalized spacial score (nSPS) is 10.4. The topological polar surface area (TPSA) is 81.5 Å². The lowest BCUT2D eigenvalue weighted by Gasteiger charge is -2.07. The zero-order chi connectivity index (χ0) is 11.7. The summed E-state index contributed by atoms with van der Waals surface area (Å²) in [6.45, 7) is 0. The van der Waals surface area contributed by atoms with Crippen LogP contribution in [0.3, 0.4) is 0 Å². The Bertz CT molecular complexity index is 525.